The Morgan fingerprint density at radius 2 is 0.978 bits per heavy atom. The molecule has 0 spiro atoms. The molecule has 4 heteroatoms. The molecule has 4 aromatic rings. The average molecular weight is 639 g/mol. The van der Waals surface area contributed by atoms with Crippen LogP contribution in [0.4, 0.5) is 0 Å². The molecule has 1 heterocycles. The predicted octanol–water partition coefficient (Wildman–Crippen LogP) is 12.6. The monoisotopic (exact) mass is 638 g/mol. The molecule has 0 radical (unpaired) electrons. The number of hydrogen-bond donors (Lipinski definition) is 0. The SMILES string of the molecule is [C-]#[N+]C([N+]#[C-])c1ccc2c(c1)C(C(C)C)(C(C)C)c1cc3c(cc1-2)C(C(C)C)(C(C)C)c1cc(C2Sc4ccccc4S2)ccc1-3. The zero-order chi connectivity index (χ0) is 32.7. The molecule has 1 aliphatic heterocycles. The topological polar surface area (TPSA) is 8.72 Å². The van der Waals surface area contributed by atoms with Crippen LogP contribution in [0.1, 0.15) is 99.5 Å². The number of rotatable bonds is 6. The zero-order valence-electron chi connectivity index (χ0n) is 28.1. The van der Waals surface area contributed by atoms with Gasteiger partial charge in [-0.1, -0.05) is 91.8 Å². The molecule has 2 aliphatic carbocycles. The summed E-state index contributed by atoms with van der Waals surface area (Å²) in [4.78, 5) is 10.1. The van der Waals surface area contributed by atoms with Gasteiger partial charge in [0.1, 0.15) is 5.56 Å². The van der Waals surface area contributed by atoms with Crippen LogP contribution in [0.2, 0.25) is 0 Å². The number of hydrogen-bond acceptors (Lipinski definition) is 2. The maximum Gasteiger partial charge on any atom is 0.502 e. The summed E-state index contributed by atoms with van der Waals surface area (Å²) in [7, 11) is 0. The minimum absolute atomic E-state index is 0.114. The molecule has 0 saturated carbocycles. The van der Waals surface area contributed by atoms with E-state index < -0.39 is 6.17 Å². The molecule has 0 atom stereocenters. The highest BCUT2D eigenvalue weighted by atomic mass is 32.2. The second kappa shape index (κ2) is 11.1. The lowest BCUT2D eigenvalue weighted by atomic mass is 9.61. The zero-order valence-corrected chi connectivity index (χ0v) is 29.7. The molecule has 0 N–H and O–H groups in total. The van der Waals surface area contributed by atoms with Gasteiger partial charge in [0.05, 0.1) is 4.58 Å². The van der Waals surface area contributed by atoms with Crippen LogP contribution in [0.5, 0.6) is 0 Å². The molecular formula is C42H42N2S2. The first-order valence-electron chi connectivity index (χ1n) is 16.7. The maximum absolute atomic E-state index is 7.69. The van der Waals surface area contributed by atoms with Crippen LogP contribution in [-0.4, -0.2) is 0 Å². The van der Waals surface area contributed by atoms with Crippen molar-refractivity contribution in [2.45, 2.75) is 86.8 Å². The van der Waals surface area contributed by atoms with E-state index >= 15 is 0 Å². The van der Waals surface area contributed by atoms with Gasteiger partial charge in [-0.25, -0.2) is 22.8 Å². The fraction of sp³-hybridized carbons (Fsp3) is 0.381. The van der Waals surface area contributed by atoms with E-state index in [0.717, 1.165) is 5.56 Å². The highest BCUT2D eigenvalue weighted by molar-refractivity contribution is 8.18. The van der Waals surface area contributed by atoms with Crippen LogP contribution in [0.25, 0.3) is 31.9 Å². The fourth-order valence-corrected chi connectivity index (χ4v) is 12.5. The van der Waals surface area contributed by atoms with Gasteiger partial charge in [-0.2, -0.15) is 0 Å². The normalized spacial score (nSPS) is 16.8. The summed E-state index contributed by atoms with van der Waals surface area (Å²) in [5.41, 5.74) is 12.9. The van der Waals surface area contributed by atoms with Crippen LogP contribution < -0.4 is 0 Å². The first-order valence-corrected chi connectivity index (χ1v) is 18.4. The summed E-state index contributed by atoms with van der Waals surface area (Å²) < 4.78 is 0.360. The quantitative estimate of drug-likeness (QED) is 0.194. The molecule has 0 amide bonds. The summed E-state index contributed by atoms with van der Waals surface area (Å²) >= 11 is 3.97. The Kier molecular flexibility index (Phi) is 7.51. The third kappa shape index (κ3) is 4.03. The molecule has 4 aromatic carbocycles. The minimum atomic E-state index is -0.796. The molecule has 46 heavy (non-hydrogen) atoms. The fourth-order valence-electron chi connectivity index (χ4n) is 9.64. The molecule has 0 unspecified atom stereocenters. The predicted molar refractivity (Wildman–Crippen MR) is 195 cm³/mol. The van der Waals surface area contributed by atoms with Crippen molar-refractivity contribution in [3.63, 3.8) is 0 Å². The van der Waals surface area contributed by atoms with Gasteiger partial charge in [0.25, 0.3) is 0 Å². The Labute approximate surface area is 284 Å². The summed E-state index contributed by atoms with van der Waals surface area (Å²) in [6, 6.07) is 27.7. The Hall–Kier alpha value is -3.44. The lowest BCUT2D eigenvalue weighted by Gasteiger charge is -2.42. The first-order chi connectivity index (χ1) is 22.0. The van der Waals surface area contributed by atoms with Gasteiger partial charge in [-0.15, -0.1) is 23.5 Å². The first kappa shape index (κ1) is 31.2. The standard InChI is InChI=1S/C42H42N2S2/c1-23(2)41(24(3)4)33-19-27(39(43-9)44-10)15-17-29(33)31-21-36-32(22-35(31)41)30-18-16-28(20-34(30)42(36,25(5)6)26(7)8)40-45-37-13-11-12-14-38(37)46-40/h11-26,39-40H,1-8H3. The lowest BCUT2D eigenvalue weighted by Crippen LogP contribution is -2.38. The largest absolute Gasteiger partial charge is 0.502 e. The molecule has 2 nitrogen and oxygen atoms in total. The number of benzene rings is 4. The number of nitrogens with zero attached hydrogens (tertiary/aromatic N) is 2. The second-order valence-corrected chi connectivity index (χ2v) is 17.1. The van der Waals surface area contributed by atoms with Crippen molar-refractivity contribution >= 4 is 23.5 Å². The van der Waals surface area contributed by atoms with Gasteiger partial charge in [-0.05, 0) is 110 Å². The molecule has 3 aliphatic rings. The van der Waals surface area contributed by atoms with Gasteiger partial charge in [-0.3, -0.25) is 0 Å². The third-order valence-electron chi connectivity index (χ3n) is 11.4. The van der Waals surface area contributed by atoms with E-state index in [-0.39, 0.29) is 10.8 Å². The Bertz CT molecular complexity index is 1910. The van der Waals surface area contributed by atoms with E-state index in [0.29, 0.717) is 28.3 Å². The van der Waals surface area contributed by atoms with E-state index in [2.05, 4.69) is 132 Å². The van der Waals surface area contributed by atoms with Crippen molar-refractivity contribution in [2.24, 2.45) is 23.7 Å². The van der Waals surface area contributed by atoms with Gasteiger partial charge in [0, 0.05) is 20.6 Å². The van der Waals surface area contributed by atoms with Crippen LogP contribution >= 0.6 is 23.5 Å². The van der Waals surface area contributed by atoms with Crippen LogP contribution in [0.3, 0.4) is 0 Å². The molecule has 232 valence electrons. The maximum atomic E-state index is 7.69. The third-order valence-corrected chi connectivity index (χ3v) is 14.3. The molecule has 0 fully saturated rings. The summed E-state index contributed by atoms with van der Waals surface area (Å²) in [5.74, 6) is 1.48. The van der Waals surface area contributed by atoms with E-state index in [4.69, 9.17) is 13.1 Å². The van der Waals surface area contributed by atoms with Crippen molar-refractivity contribution in [1.29, 1.82) is 0 Å². The van der Waals surface area contributed by atoms with Gasteiger partial charge < -0.3 is 0 Å². The van der Waals surface area contributed by atoms with E-state index in [1.54, 1.807) is 0 Å². The van der Waals surface area contributed by atoms with Crippen LogP contribution in [0.15, 0.2) is 82.6 Å². The van der Waals surface area contributed by atoms with Crippen molar-refractivity contribution in [3.05, 3.63) is 129 Å². The van der Waals surface area contributed by atoms with E-state index in [9.17, 15) is 0 Å². The highest BCUT2D eigenvalue weighted by Gasteiger charge is 2.53. The average Bonchev–Trinajstić information content (AvgIpc) is 3.67. The van der Waals surface area contributed by atoms with Crippen molar-refractivity contribution in [3.8, 4) is 22.3 Å². The smallest absolute Gasteiger partial charge is 0.228 e. The summed E-state index contributed by atoms with van der Waals surface area (Å²) in [5, 5.41) is 0. The van der Waals surface area contributed by atoms with Crippen molar-refractivity contribution in [1.82, 2.24) is 0 Å². The Morgan fingerprint density at radius 3 is 1.43 bits per heavy atom. The van der Waals surface area contributed by atoms with Gasteiger partial charge >= 0.3 is 6.17 Å². The molecule has 7 rings (SSSR count). The van der Waals surface area contributed by atoms with E-state index in [1.165, 1.54) is 59.9 Å². The molecule has 0 aromatic heterocycles. The van der Waals surface area contributed by atoms with Crippen molar-refractivity contribution in [2.75, 3.05) is 0 Å². The number of thioether (sulfide) groups is 2. The van der Waals surface area contributed by atoms with Crippen LogP contribution in [-0.2, 0) is 10.8 Å². The minimum Gasteiger partial charge on any atom is -0.228 e. The van der Waals surface area contributed by atoms with E-state index in [1.807, 2.05) is 29.6 Å². The molecule has 0 saturated heterocycles. The second-order valence-electron chi connectivity index (χ2n) is 14.6. The van der Waals surface area contributed by atoms with Gasteiger partial charge in [0.15, 0.2) is 0 Å². The summed E-state index contributed by atoms with van der Waals surface area (Å²) in [6.45, 7) is 34.4. The lowest BCUT2D eigenvalue weighted by molar-refractivity contribution is 0.277. The Morgan fingerprint density at radius 1 is 0.543 bits per heavy atom. The molecule has 0 bridgehead atoms. The summed E-state index contributed by atoms with van der Waals surface area (Å²) in [6.07, 6.45) is -0.796. The van der Waals surface area contributed by atoms with Crippen molar-refractivity contribution < 1.29 is 0 Å². The Balaban J connectivity index is 1.47. The van der Waals surface area contributed by atoms with Gasteiger partial charge in [0.2, 0.25) is 0 Å². The highest BCUT2D eigenvalue weighted by Crippen LogP contribution is 2.64. The molecular weight excluding hydrogens is 597 g/mol. The number of fused-ring (bicyclic) bond motifs is 7. The van der Waals surface area contributed by atoms with Crippen LogP contribution in [0, 0.1) is 36.8 Å².